The highest BCUT2D eigenvalue weighted by Crippen LogP contribution is 2.29. The van der Waals surface area contributed by atoms with Crippen molar-refractivity contribution < 1.29 is 29.4 Å². The molecule has 2 amide bonds. The van der Waals surface area contributed by atoms with E-state index in [1.54, 1.807) is 26.2 Å². The fourth-order valence-electron chi connectivity index (χ4n) is 3.57. The van der Waals surface area contributed by atoms with Crippen LogP contribution in [0.2, 0.25) is 0 Å². The van der Waals surface area contributed by atoms with Crippen molar-refractivity contribution in [3.63, 3.8) is 0 Å². The molecule has 0 saturated heterocycles. The summed E-state index contributed by atoms with van der Waals surface area (Å²) >= 11 is 0. The summed E-state index contributed by atoms with van der Waals surface area (Å²) in [5.74, 6) is -2.81. The van der Waals surface area contributed by atoms with Gasteiger partial charge in [0.2, 0.25) is 11.8 Å². The zero-order valence-corrected chi connectivity index (χ0v) is 21.2. The quantitative estimate of drug-likeness (QED) is 0.381. The lowest BCUT2D eigenvalue weighted by molar-refractivity contribution is -0.139. The van der Waals surface area contributed by atoms with Gasteiger partial charge < -0.3 is 25.7 Å². The number of hydrogen-bond donors (Lipinski definition) is 4. The Kier molecular flexibility index (Phi) is 9.57. The molecule has 0 saturated carbocycles. The smallest absolute Gasteiger partial charge is 0.335 e. The Morgan fingerprint density at radius 3 is 1.94 bits per heavy atom. The van der Waals surface area contributed by atoms with Crippen LogP contribution in [0.4, 0.5) is 0 Å². The molecule has 1 rings (SSSR count). The number of carboxylic acids is 2. The zero-order chi connectivity index (χ0) is 26.4. The number of nitrogens with one attached hydrogen (secondary N) is 2. The summed E-state index contributed by atoms with van der Waals surface area (Å²) in [5.41, 5.74) is -0.301. The molecule has 0 heterocycles. The van der Waals surface area contributed by atoms with Crippen molar-refractivity contribution in [3.8, 4) is 0 Å². The molecule has 0 spiro atoms. The second kappa shape index (κ2) is 11.3. The molecule has 2 unspecified atom stereocenters. The summed E-state index contributed by atoms with van der Waals surface area (Å²) in [7, 11) is 3.21. The SMILES string of the molecule is CNC(C(=O)NC(C(=O)N(C)C/C=C(\C)C(=O)O)C(C)(C)C)C(C)(C)c1ccc(C(=O)O)cc1. The molecule has 1 aromatic rings. The summed E-state index contributed by atoms with van der Waals surface area (Å²) in [6.45, 7) is 10.8. The predicted molar refractivity (Wildman–Crippen MR) is 130 cm³/mol. The van der Waals surface area contributed by atoms with Crippen LogP contribution in [-0.2, 0) is 19.8 Å². The maximum absolute atomic E-state index is 13.4. The molecule has 4 N–H and O–H groups in total. The standard InChI is InChI=1S/C25H37N3O6/c1-15(22(31)32)13-14-28(8)21(30)19(24(2,3)4)27-20(29)18(26-7)25(5,6)17-11-9-16(10-12-17)23(33)34/h9-13,18-19,26H,14H2,1-8H3,(H,27,29)(H,31,32)(H,33,34)/b15-13+. The van der Waals surface area contributed by atoms with Gasteiger partial charge in [-0.2, -0.15) is 0 Å². The topological polar surface area (TPSA) is 136 Å². The van der Waals surface area contributed by atoms with E-state index in [1.165, 1.54) is 30.0 Å². The molecule has 0 bridgehead atoms. The molecule has 0 aliphatic heterocycles. The maximum Gasteiger partial charge on any atom is 0.335 e. The second-order valence-corrected chi connectivity index (χ2v) is 10.0. The Labute approximate surface area is 201 Å². The van der Waals surface area contributed by atoms with Gasteiger partial charge in [0, 0.05) is 24.6 Å². The number of benzene rings is 1. The van der Waals surface area contributed by atoms with Crippen LogP contribution in [0, 0.1) is 5.41 Å². The van der Waals surface area contributed by atoms with Crippen molar-refractivity contribution in [2.45, 2.75) is 59.0 Å². The first-order valence-corrected chi connectivity index (χ1v) is 11.0. The van der Waals surface area contributed by atoms with Gasteiger partial charge in [-0.25, -0.2) is 9.59 Å². The molecule has 9 heteroatoms. The first-order valence-electron chi connectivity index (χ1n) is 11.0. The van der Waals surface area contributed by atoms with E-state index in [-0.39, 0.29) is 29.5 Å². The molecule has 0 aliphatic carbocycles. The first kappa shape index (κ1) is 28.8. The normalized spacial score (nSPS) is 14.2. The number of likely N-dealkylation sites (N-methyl/N-ethyl adjacent to an activating group) is 2. The number of aliphatic carboxylic acids is 1. The van der Waals surface area contributed by atoms with Crippen molar-refractivity contribution in [1.29, 1.82) is 0 Å². The van der Waals surface area contributed by atoms with Gasteiger partial charge in [-0.3, -0.25) is 9.59 Å². The van der Waals surface area contributed by atoms with Crippen molar-refractivity contribution in [1.82, 2.24) is 15.5 Å². The summed E-state index contributed by atoms with van der Waals surface area (Å²) < 4.78 is 0. The Hall–Kier alpha value is -3.20. The number of carbonyl (C=O) groups is 4. The van der Waals surface area contributed by atoms with Crippen LogP contribution >= 0.6 is 0 Å². The number of aromatic carboxylic acids is 1. The van der Waals surface area contributed by atoms with Gasteiger partial charge in [0.15, 0.2) is 0 Å². The molecule has 9 nitrogen and oxygen atoms in total. The highest BCUT2D eigenvalue weighted by atomic mass is 16.4. The van der Waals surface area contributed by atoms with E-state index in [2.05, 4.69) is 10.6 Å². The van der Waals surface area contributed by atoms with E-state index in [0.717, 1.165) is 5.56 Å². The van der Waals surface area contributed by atoms with Crippen molar-refractivity contribution in [2.24, 2.45) is 5.41 Å². The van der Waals surface area contributed by atoms with E-state index in [4.69, 9.17) is 10.2 Å². The lowest BCUT2D eigenvalue weighted by atomic mass is 9.76. The maximum atomic E-state index is 13.4. The number of hydrogen-bond acceptors (Lipinski definition) is 5. The number of rotatable bonds is 10. The highest BCUT2D eigenvalue weighted by molar-refractivity contribution is 5.91. The van der Waals surface area contributed by atoms with Crippen LogP contribution in [0.25, 0.3) is 0 Å². The van der Waals surface area contributed by atoms with Crippen LogP contribution in [0.5, 0.6) is 0 Å². The van der Waals surface area contributed by atoms with Gasteiger partial charge in [-0.05, 0) is 37.1 Å². The summed E-state index contributed by atoms with van der Waals surface area (Å²) in [6, 6.07) is 4.77. The molecule has 2 atom stereocenters. The summed E-state index contributed by atoms with van der Waals surface area (Å²) in [4.78, 5) is 50.2. The first-order chi connectivity index (χ1) is 15.5. The summed E-state index contributed by atoms with van der Waals surface area (Å²) in [5, 5.41) is 24.1. The molecule has 0 aromatic heterocycles. The Balaban J connectivity index is 3.16. The minimum Gasteiger partial charge on any atom is -0.478 e. The van der Waals surface area contributed by atoms with Gasteiger partial charge >= 0.3 is 11.9 Å². The third kappa shape index (κ3) is 7.15. The minimum absolute atomic E-state index is 0.0935. The van der Waals surface area contributed by atoms with Gasteiger partial charge in [0.25, 0.3) is 0 Å². The Bertz CT molecular complexity index is 944. The molecule has 34 heavy (non-hydrogen) atoms. The van der Waals surface area contributed by atoms with E-state index in [0.29, 0.717) is 0 Å². The minimum atomic E-state index is -1.06. The van der Waals surface area contributed by atoms with E-state index < -0.39 is 34.9 Å². The van der Waals surface area contributed by atoms with Crippen LogP contribution in [0.1, 0.15) is 57.5 Å². The molecule has 188 valence electrons. The Morgan fingerprint density at radius 2 is 1.53 bits per heavy atom. The van der Waals surface area contributed by atoms with Gasteiger partial charge in [0.1, 0.15) is 6.04 Å². The highest BCUT2D eigenvalue weighted by Gasteiger charge is 2.40. The summed E-state index contributed by atoms with van der Waals surface area (Å²) in [6.07, 6.45) is 1.45. The van der Waals surface area contributed by atoms with Gasteiger partial charge in [-0.1, -0.05) is 52.8 Å². The third-order valence-electron chi connectivity index (χ3n) is 5.93. The van der Waals surface area contributed by atoms with E-state index in [1.807, 2.05) is 34.6 Å². The number of nitrogens with zero attached hydrogens (tertiary/aromatic N) is 1. The molecule has 0 radical (unpaired) electrons. The lowest BCUT2D eigenvalue weighted by Gasteiger charge is -2.38. The fourth-order valence-corrected chi connectivity index (χ4v) is 3.57. The predicted octanol–water partition coefficient (Wildman–Crippen LogP) is 2.27. The second-order valence-electron chi connectivity index (χ2n) is 10.0. The van der Waals surface area contributed by atoms with Crippen molar-refractivity contribution in [2.75, 3.05) is 20.6 Å². The van der Waals surface area contributed by atoms with Crippen LogP contribution in [0.3, 0.4) is 0 Å². The largest absolute Gasteiger partial charge is 0.478 e. The molecule has 1 aromatic carbocycles. The lowest BCUT2D eigenvalue weighted by Crippen LogP contribution is -2.60. The van der Waals surface area contributed by atoms with Crippen LogP contribution < -0.4 is 10.6 Å². The number of carbonyl (C=O) groups excluding carboxylic acids is 2. The van der Waals surface area contributed by atoms with Crippen molar-refractivity contribution >= 4 is 23.8 Å². The molecule has 0 fully saturated rings. The zero-order valence-electron chi connectivity index (χ0n) is 21.2. The molecule has 0 aliphatic rings. The van der Waals surface area contributed by atoms with Crippen LogP contribution in [-0.4, -0.2) is 71.6 Å². The monoisotopic (exact) mass is 475 g/mol. The van der Waals surface area contributed by atoms with E-state index in [9.17, 15) is 19.2 Å². The average Bonchev–Trinajstić information content (AvgIpc) is 2.74. The Morgan fingerprint density at radius 1 is 1.00 bits per heavy atom. The van der Waals surface area contributed by atoms with Gasteiger partial charge in [0.05, 0.1) is 11.6 Å². The number of amides is 2. The molecular formula is C25H37N3O6. The fraction of sp³-hybridized carbons (Fsp3) is 0.520. The number of carboxylic acid groups (broad SMARTS) is 2. The average molecular weight is 476 g/mol. The molecular weight excluding hydrogens is 438 g/mol. The third-order valence-corrected chi connectivity index (χ3v) is 5.93. The van der Waals surface area contributed by atoms with Gasteiger partial charge in [-0.15, -0.1) is 0 Å². The van der Waals surface area contributed by atoms with Crippen LogP contribution in [0.15, 0.2) is 35.9 Å². The van der Waals surface area contributed by atoms with Crippen molar-refractivity contribution in [3.05, 3.63) is 47.0 Å². The van der Waals surface area contributed by atoms with E-state index >= 15 is 0 Å².